The van der Waals surface area contributed by atoms with E-state index in [1.807, 2.05) is 13.8 Å². The smallest absolute Gasteiger partial charge is 0.406 e. The summed E-state index contributed by atoms with van der Waals surface area (Å²) in [6.07, 6.45) is 0.733. The van der Waals surface area contributed by atoms with Crippen molar-refractivity contribution < 1.29 is 14.2 Å². The Morgan fingerprint density at radius 2 is 2.15 bits per heavy atom. The molecule has 0 bridgehead atoms. The summed E-state index contributed by atoms with van der Waals surface area (Å²) in [5.41, 5.74) is 0. The van der Waals surface area contributed by atoms with Crippen LogP contribution in [0.1, 0.15) is 44.5 Å². The first kappa shape index (κ1) is 13.9. The van der Waals surface area contributed by atoms with Crippen molar-refractivity contribution in [2.45, 2.75) is 32.8 Å². The number of rotatable bonds is 5. The summed E-state index contributed by atoms with van der Waals surface area (Å²) in [4.78, 5) is 18.1. The molecule has 8 nitrogen and oxygen atoms in total. The summed E-state index contributed by atoms with van der Waals surface area (Å²) >= 11 is 0. The van der Waals surface area contributed by atoms with E-state index < -0.39 is 11.0 Å². The lowest BCUT2D eigenvalue weighted by Gasteiger charge is -2.09. The molecule has 2 heterocycles. The molecule has 8 heteroatoms. The van der Waals surface area contributed by atoms with Gasteiger partial charge in [-0.05, 0) is 29.0 Å². The number of hydrogen-bond acceptors (Lipinski definition) is 7. The van der Waals surface area contributed by atoms with E-state index in [0.29, 0.717) is 5.82 Å². The molecule has 0 saturated carbocycles. The van der Waals surface area contributed by atoms with Gasteiger partial charge in [0.2, 0.25) is 5.75 Å². The van der Waals surface area contributed by atoms with Crippen LogP contribution in [0.15, 0.2) is 22.9 Å². The van der Waals surface area contributed by atoms with Gasteiger partial charge in [0.15, 0.2) is 11.9 Å². The highest BCUT2D eigenvalue weighted by Gasteiger charge is 2.22. The Hall–Kier alpha value is -2.51. The van der Waals surface area contributed by atoms with Crippen LogP contribution >= 0.6 is 0 Å². The molecule has 106 valence electrons. The summed E-state index contributed by atoms with van der Waals surface area (Å²) in [6.45, 7) is 5.55. The standard InChI is InChI=1S/C12H14N4O4/c1-7(2)10-14-12(20-15-10)8(3)19-9-5-4-6-13-11(9)16(17)18/h4-8H,1-3H3. The monoisotopic (exact) mass is 278 g/mol. The van der Waals surface area contributed by atoms with Crippen molar-refractivity contribution in [2.24, 2.45) is 0 Å². The fourth-order valence-corrected chi connectivity index (χ4v) is 1.50. The zero-order chi connectivity index (χ0) is 14.7. The predicted molar refractivity (Wildman–Crippen MR) is 68.3 cm³/mol. The molecule has 2 aromatic rings. The molecule has 1 atom stereocenters. The van der Waals surface area contributed by atoms with E-state index in [0.717, 1.165) is 0 Å². The van der Waals surface area contributed by atoms with Crippen molar-refractivity contribution in [1.82, 2.24) is 15.1 Å². The molecule has 0 aromatic carbocycles. The number of aromatic nitrogens is 3. The van der Waals surface area contributed by atoms with Crippen LogP contribution in [0.4, 0.5) is 5.82 Å². The Labute approximate surface area is 114 Å². The maximum atomic E-state index is 10.8. The number of hydrogen-bond donors (Lipinski definition) is 0. The minimum Gasteiger partial charge on any atom is -0.473 e. The van der Waals surface area contributed by atoms with Gasteiger partial charge in [0.1, 0.15) is 6.20 Å². The SMILES string of the molecule is CC(C)c1noc(C(C)Oc2cccnc2[N+](=O)[O-])n1. The Balaban J connectivity index is 2.19. The fraction of sp³-hybridized carbons (Fsp3) is 0.417. The van der Waals surface area contributed by atoms with Crippen molar-refractivity contribution >= 4 is 5.82 Å². The first-order chi connectivity index (χ1) is 9.49. The largest absolute Gasteiger partial charge is 0.473 e. The number of nitro groups is 1. The average molecular weight is 278 g/mol. The minimum atomic E-state index is -0.602. The quantitative estimate of drug-likeness (QED) is 0.611. The third kappa shape index (κ3) is 2.90. The van der Waals surface area contributed by atoms with Gasteiger partial charge in [-0.2, -0.15) is 4.98 Å². The van der Waals surface area contributed by atoms with Gasteiger partial charge in [-0.25, -0.2) is 0 Å². The van der Waals surface area contributed by atoms with Crippen LogP contribution in [0.5, 0.6) is 5.75 Å². The number of nitrogens with zero attached hydrogens (tertiary/aromatic N) is 4. The maximum absolute atomic E-state index is 10.8. The highest BCUT2D eigenvalue weighted by molar-refractivity contribution is 5.38. The van der Waals surface area contributed by atoms with Crippen molar-refractivity contribution in [1.29, 1.82) is 0 Å². The molecule has 0 spiro atoms. The van der Waals surface area contributed by atoms with E-state index in [-0.39, 0.29) is 23.4 Å². The summed E-state index contributed by atoms with van der Waals surface area (Å²) < 4.78 is 10.6. The predicted octanol–water partition coefficient (Wildman–Crippen LogP) is 2.64. The van der Waals surface area contributed by atoms with E-state index in [4.69, 9.17) is 9.26 Å². The fourth-order valence-electron chi connectivity index (χ4n) is 1.50. The van der Waals surface area contributed by atoms with Gasteiger partial charge in [-0.1, -0.05) is 19.0 Å². The van der Waals surface area contributed by atoms with Crippen molar-refractivity contribution in [3.63, 3.8) is 0 Å². The molecule has 0 aliphatic rings. The minimum absolute atomic E-state index is 0.0642. The third-order valence-corrected chi connectivity index (χ3v) is 2.55. The second kappa shape index (κ2) is 5.64. The number of pyridine rings is 1. The molecular formula is C12H14N4O4. The van der Waals surface area contributed by atoms with E-state index in [2.05, 4.69) is 15.1 Å². The van der Waals surface area contributed by atoms with E-state index in [9.17, 15) is 10.1 Å². The zero-order valence-corrected chi connectivity index (χ0v) is 11.3. The Morgan fingerprint density at radius 1 is 1.40 bits per heavy atom. The first-order valence-electron chi connectivity index (χ1n) is 6.08. The van der Waals surface area contributed by atoms with E-state index in [1.54, 1.807) is 13.0 Å². The zero-order valence-electron chi connectivity index (χ0n) is 11.3. The average Bonchev–Trinajstić information content (AvgIpc) is 2.89. The van der Waals surface area contributed by atoms with Gasteiger partial charge < -0.3 is 19.4 Å². The summed E-state index contributed by atoms with van der Waals surface area (Å²) in [5, 5.41) is 14.7. The van der Waals surface area contributed by atoms with Gasteiger partial charge in [0, 0.05) is 5.92 Å². The van der Waals surface area contributed by atoms with E-state index in [1.165, 1.54) is 12.3 Å². The van der Waals surface area contributed by atoms with Crippen LogP contribution in [0.2, 0.25) is 0 Å². The molecule has 20 heavy (non-hydrogen) atoms. The maximum Gasteiger partial charge on any atom is 0.406 e. The molecule has 1 unspecified atom stereocenters. The summed E-state index contributed by atoms with van der Waals surface area (Å²) in [7, 11) is 0. The van der Waals surface area contributed by atoms with Crippen LogP contribution in [0, 0.1) is 10.1 Å². The van der Waals surface area contributed by atoms with Crippen LogP contribution in [0.3, 0.4) is 0 Å². The molecule has 2 aromatic heterocycles. The Kier molecular flexibility index (Phi) is 3.92. The first-order valence-corrected chi connectivity index (χ1v) is 6.08. The topological polar surface area (TPSA) is 104 Å². The van der Waals surface area contributed by atoms with Crippen LogP contribution < -0.4 is 4.74 Å². The highest BCUT2D eigenvalue weighted by atomic mass is 16.6. The van der Waals surface area contributed by atoms with Crippen molar-refractivity contribution in [3.05, 3.63) is 40.2 Å². The molecule has 0 N–H and O–H groups in total. The molecule has 0 saturated heterocycles. The molecule has 0 aliphatic heterocycles. The summed E-state index contributed by atoms with van der Waals surface area (Å²) in [6, 6.07) is 3.03. The van der Waals surface area contributed by atoms with Crippen LogP contribution in [0.25, 0.3) is 0 Å². The van der Waals surface area contributed by atoms with Crippen LogP contribution in [-0.2, 0) is 0 Å². The van der Waals surface area contributed by atoms with Gasteiger partial charge in [0.25, 0.3) is 5.89 Å². The lowest BCUT2D eigenvalue weighted by molar-refractivity contribution is -0.390. The van der Waals surface area contributed by atoms with Gasteiger partial charge in [-0.3, -0.25) is 0 Å². The van der Waals surface area contributed by atoms with E-state index >= 15 is 0 Å². The number of ether oxygens (including phenoxy) is 1. The molecule has 0 radical (unpaired) electrons. The Bertz CT molecular complexity index is 611. The lowest BCUT2D eigenvalue weighted by atomic mass is 10.2. The second-order valence-corrected chi connectivity index (χ2v) is 4.49. The van der Waals surface area contributed by atoms with Crippen LogP contribution in [-0.4, -0.2) is 20.0 Å². The second-order valence-electron chi connectivity index (χ2n) is 4.49. The highest BCUT2D eigenvalue weighted by Crippen LogP contribution is 2.28. The van der Waals surface area contributed by atoms with Gasteiger partial charge in [0.05, 0.1) is 0 Å². The molecule has 2 rings (SSSR count). The van der Waals surface area contributed by atoms with Crippen molar-refractivity contribution in [2.75, 3.05) is 0 Å². The molecule has 0 aliphatic carbocycles. The Morgan fingerprint density at radius 3 is 2.75 bits per heavy atom. The third-order valence-electron chi connectivity index (χ3n) is 2.55. The molecule has 0 amide bonds. The molecular weight excluding hydrogens is 264 g/mol. The van der Waals surface area contributed by atoms with Crippen molar-refractivity contribution in [3.8, 4) is 5.75 Å². The normalized spacial score (nSPS) is 12.4. The van der Waals surface area contributed by atoms with Gasteiger partial charge in [-0.15, -0.1) is 0 Å². The lowest BCUT2D eigenvalue weighted by Crippen LogP contribution is -2.06. The van der Waals surface area contributed by atoms with Gasteiger partial charge >= 0.3 is 5.82 Å². The molecule has 0 fully saturated rings. The summed E-state index contributed by atoms with van der Waals surface area (Å²) in [5.74, 6) is 0.688.